The second-order valence-corrected chi connectivity index (χ2v) is 10.1. The monoisotopic (exact) mass is 433 g/mol. The molecule has 0 atom stereocenters. The normalized spacial score (nSPS) is 21.5. The molecule has 1 aliphatic carbocycles. The number of nitrogens with one attached hydrogen (secondary N) is 2. The lowest BCUT2D eigenvalue weighted by Crippen LogP contribution is -2.38. The van der Waals surface area contributed by atoms with Gasteiger partial charge < -0.3 is 10.6 Å². The Morgan fingerprint density at radius 1 is 0.935 bits per heavy atom. The summed E-state index contributed by atoms with van der Waals surface area (Å²) in [5.74, 6) is 0.0605. The predicted octanol–water partition coefficient (Wildman–Crippen LogP) is 2.95. The van der Waals surface area contributed by atoms with Gasteiger partial charge in [-0.05, 0) is 56.3 Å². The van der Waals surface area contributed by atoms with Crippen molar-refractivity contribution in [3.8, 4) is 0 Å². The third-order valence-corrected chi connectivity index (χ3v) is 6.14. The first-order chi connectivity index (χ1) is 14.7. The lowest BCUT2D eigenvalue weighted by atomic mass is 9.81. The predicted molar refractivity (Wildman–Crippen MR) is 120 cm³/mol. The van der Waals surface area contributed by atoms with Gasteiger partial charge in [0.2, 0.25) is 11.8 Å². The molecule has 0 radical (unpaired) electrons. The van der Waals surface area contributed by atoms with E-state index in [1.807, 2.05) is 0 Å². The van der Waals surface area contributed by atoms with E-state index in [1.54, 1.807) is 0 Å². The minimum absolute atomic E-state index is 0.0213. The first-order valence-corrected chi connectivity index (χ1v) is 11.7. The molecule has 0 aromatic carbocycles. The molecule has 2 aliphatic rings. The van der Waals surface area contributed by atoms with Crippen molar-refractivity contribution in [2.24, 2.45) is 17.3 Å². The lowest BCUT2D eigenvalue weighted by molar-refractivity contribution is -0.138. The van der Waals surface area contributed by atoms with Gasteiger partial charge >= 0.3 is 0 Å². The quantitative estimate of drug-likeness (QED) is 0.387. The molecule has 1 saturated carbocycles. The number of nitrogens with zero attached hydrogens (tertiary/aromatic N) is 1. The van der Waals surface area contributed by atoms with Crippen LogP contribution in [0.1, 0.15) is 78.6 Å². The fourth-order valence-corrected chi connectivity index (χ4v) is 4.09. The highest BCUT2D eigenvalue weighted by Crippen LogP contribution is 2.30. The van der Waals surface area contributed by atoms with Crippen molar-refractivity contribution in [1.82, 2.24) is 15.5 Å². The minimum Gasteiger partial charge on any atom is -0.356 e. The minimum atomic E-state index is -0.229. The van der Waals surface area contributed by atoms with Gasteiger partial charge in [0.25, 0.3) is 11.8 Å². The number of hydrogen-bond donors (Lipinski definition) is 2. The van der Waals surface area contributed by atoms with Crippen LogP contribution in [0.25, 0.3) is 0 Å². The van der Waals surface area contributed by atoms with Crippen molar-refractivity contribution in [3.63, 3.8) is 0 Å². The van der Waals surface area contributed by atoms with Gasteiger partial charge in [0.15, 0.2) is 0 Å². The van der Waals surface area contributed by atoms with E-state index in [4.69, 9.17) is 0 Å². The Kier molecular flexibility index (Phi) is 9.72. The maximum Gasteiger partial charge on any atom is 0.253 e. The fourth-order valence-electron chi connectivity index (χ4n) is 4.09. The van der Waals surface area contributed by atoms with Crippen LogP contribution in [0, 0.1) is 17.3 Å². The molecule has 1 aliphatic heterocycles. The molecule has 0 saturated heterocycles. The SMILES string of the molecule is CC(C)(C)CCNC(=O)CCCCCNC(=O)C1CCC(CN2C(=O)C=CC2=O)CC1. The van der Waals surface area contributed by atoms with Crippen molar-refractivity contribution in [1.29, 1.82) is 0 Å². The summed E-state index contributed by atoms with van der Waals surface area (Å²) in [7, 11) is 0. The Hall–Kier alpha value is -2.18. The van der Waals surface area contributed by atoms with Gasteiger partial charge in [-0.2, -0.15) is 0 Å². The molecule has 174 valence electrons. The zero-order valence-corrected chi connectivity index (χ0v) is 19.4. The van der Waals surface area contributed by atoms with Crippen molar-refractivity contribution in [3.05, 3.63) is 12.2 Å². The van der Waals surface area contributed by atoms with Crippen molar-refractivity contribution < 1.29 is 19.2 Å². The average molecular weight is 434 g/mol. The van der Waals surface area contributed by atoms with Gasteiger partial charge in [-0.25, -0.2) is 0 Å². The van der Waals surface area contributed by atoms with E-state index < -0.39 is 0 Å². The third kappa shape index (κ3) is 9.23. The summed E-state index contributed by atoms with van der Waals surface area (Å²) in [4.78, 5) is 48.9. The largest absolute Gasteiger partial charge is 0.356 e. The number of rotatable bonds is 11. The first-order valence-electron chi connectivity index (χ1n) is 11.7. The second-order valence-electron chi connectivity index (χ2n) is 10.1. The molecule has 7 heteroatoms. The number of amides is 4. The van der Waals surface area contributed by atoms with E-state index in [0.29, 0.717) is 19.5 Å². The van der Waals surface area contributed by atoms with Crippen LogP contribution >= 0.6 is 0 Å². The Labute approximate surface area is 186 Å². The van der Waals surface area contributed by atoms with E-state index in [9.17, 15) is 19.2 Å². The zero-order chi connectivity index (χ0) is 22.9. The van der Waals surface area contributed by atoms with E-state index >= 15 is 0 Å². The molecular formula is C24H39N3O4. The highest BCUT2D eigenvalue weighted by atomic mass is 16.2. The molecule has 0 unspecified atom stereocenters. The van der Waals surface area contributed by atoms with Crippen LogP contribution in [-0.2, 0) is 19.2 Å². The maximum atomic E-state index is 12.4. The number of carbonyl (C=O) groups excluding carboxylic acids is 4. The third-order valence-electron chi connectivity index (χ3n) is 6.14. The van der Waals surface area contributed by atoms with E-state index in [0.717, 1.165) is 57.9 Å². The summed E-state index contributed by atoms with van der Waals surface area (Å²) in [5.41, 5.74) is 0.230. The number of hydrogen-bond acceptors (Lipinski definition) is 4. The van der Waals surface area contributed by atoms with Crippen LogP contribution in [0.5, 0.6) is 0 Å². The van der Waals surface area contributed by atoms with Gasteiger partial charge in [0.05, 0.1) is 0 Å². The summed E-state index contributed by atoms with van der Waals surface area (Å²) in [5, 5.41) is 6.00. The summed E-state index contributed by atoms with van der Waals surface area (Å²) in [6.45, 7) is 8.32. The lowest BCUT2D eigenvalue weighted by Gasteiger charge is -2.30. The Balaban J connectivity index is 1.49. The molecule has 4 amide bonds. The second kappa shape index (κ2) is 12.0. The summed E-state index contributed by atoms with van der Waals surface area (Å²) < 4.78 is 0. The smallest absolute Gasteiger partial charge is 0.253 e. The van der Waals surface area contributed by atoms with E-state index in [2.05, 4.69) is 31.4 Å². The van der Waals surface area contributed by atoms with Crippen molar-refractivity contribution in [2.45, 2.75) is 78.6 Å². The molecule has 31 heavy (non-hydrogen) atoms. The molecule has 1 heterocycles. The molecule has 2 N–H and O–H groups in total. The molecule has 1 fully saturated rings. The zero-order valence-electron chi connectivity index (χ0n) is 19.4. The molecular weight excluding hydrogens is 394 g/mol. The van der Waals surface area contributed by atoms with Crippen LogP contribution in [0.4, 0.5) is 0 Å². The Bertz CT molecular complexity index is 655. The van der Waals surface area contributed by atoms with E-state index in [1.165, 1.54) is 17.1 Å². The number of unbranched alkanes of at least 4 members (excludes halogenated alkanes) is 2. The topological polar surface area (TPSA) is 95.6 Å². The van der Waals surface area contributed by atoms with Crippen molar-refractivity contribution >= 4 is 23.6 Å². The molecule has 7 nitrogen and oxygen atoms in total. The van der Waals surface area contributed by atoms with Gasteiger partial charge in [-0.1, -0.05) is 27.2 Å². The Morgan fingerprint density at radius 3 is 2.19 bits per heavy atom. The van der Waals surface area contributed by atoms with Crippen molar-refractivity contribution in [2.75, 3.05) is 19.6 Å². The molecule has 0 bridgehead atoms. The van der Waals surface area contributed by atoms with Gasteiger partial charge in [-0.15, -0.1) is 0 Å². The van der Waals surface area contributed by atoms with Crippen LogP contribution in [0.15, 0.2) is 12.2 Å². The summed E-state index contributed by atoms with van der Waals surface area (Å²) >= 11 is 0. The van der Waals surface area contributed by atoms with Gasteiger partial charge in [0, 0.05) is 44.1 Å². The fraction of sp³-hybridized carbons (Fsp3) is 0.750. The maximum absolute atomic E-state index is 12.4. The van der Waals surface area contributed by atoms with Gasteiger partial charge in [0.1, 0.15) is 0 Å². The number of carbonyl (C=O) groups is 4. The first kappa shape index (κ1) is 25.1. The van der Waals surface area contributed by atoms with Crippen LogP contribution < -0.4 is 10.6 Å². The molecule has 0 aromatic rings. The Morgan fingerprint density at radius 2 is 1.58 bits per heavy atom. The molecule has 0 aromatic heterocycles. The average Bonchev–Trinajstić information content (AvgIpc) is 3.02. The highest BCUT2D eigenvalue weighted by Gasteiger charge is 2.31. The standard InChI is InChI=1S/C24H39N3O4/c1-24(2,3)14-16-25-20(28)7-5-4-6-15-26-23(31)19-10-8-18(9-11-19)17-27-21(29)12-13-22(27)30/h12-13,18-19H,4-11,14-17H2,1-3H3,(H,25,28)(H,26,31). The van der Waals surface area contributed by atoms with Crippen LogP contribution in [0.2, 0.25) is 0 Å². The highest BCUT2D eigenvalue weighted by molar-refractivity contribution is 6.12. The van der Waals surface area contributed by atoms with Crippen LogP contribution in [-0.4, -0.2) is 48.2 Å². The number of imide groups is 1. The summed E-state index contributed by atoms with van der Waals surface area (Å²) in [6.07, 6.45) is 10.1. The van der Waals surface area contributed by atoms with Gasteiger partial charge in [-0.3, -0.25) is 24.1 Å². The van der Waals surface area contributed by atoms with E-state index in [-0.39, 0.29) is 40.9 Å². The summed E-state index contributed by atoms with van der Waals surface area (Å²) in [6, 6.07) is 0. The van der Waals surface area contributed by atoms with Crippen LogP contribution in [0.3, 0.4) is 0 Å². The molecule has 0 spiro atoms. The molecule has 2 rings (SSSR count).